The van der Waals surface area contributed by atoms with Crippen molar-refractivity contribution in [3.8, 4) is 5.75 Å². The van der Waals surface area contributed by atoms with Crippen molar-refractivity contribution in [3.63, 3.8) is 0 Å². The van der Waals surface area contributed by atoms with Gasteiger partial charge in [0.1, 0.15) is 5.75 Å². The number of methoxy groups -OCH3 is 1. The molecule has 0 spiro atoms. The molecule has 0 saturated heterocycles. The van der Waals surface area contributed by atoms with Gasteiger partial charge in [0.15, 0.2) is 0 Å². The Hall–Kier alpha value is -2.25. The van der Waals surface area contributed by atoms with Gasteiger partial charge in [0, 0.05) is 0 Å². The van der Waals surface area contributed by atoms with Gasteiger partial charge in [0.25, 0.3) is 10.0 Å². The Morgan fingerprint density at radius 3 is 2.38 bits per heavy atom. The van der Waals surface area contributed by atoms with E-state index in [0.717, 1.165) is 0 Å². The Bertz CT molecular complexity index is 834. The monoisotopic (exact) mass is 369 g/mol. The summed E-state index contributed by atoms with van der Waals surface area (Å²) in [6.45, 7) is 1.94. The van der Waals surface area contributed by atoms with E-state index in [1.807, 2.05) is 0 Å². The van der Waals surface area contributed by atoms with E-state index in [0.29, 0.717) is 11.4 Å². The first-order chi connectivity index (χ1) is 11.4. The molecule has 0 heterocycles. The number of ether oxygens (including phenoxy) is 2. The summed E-state index contributed by atoms with van der Waals surface area (Å²) in [5, 5.41) is 0.287. The van der Waals surface area contributed by atoms with Crippen LogP contribution in [-0.2, 0) is 14.8 Å². The lowest BCUT2D eigenvalue weighted by atomic mass is 10.2. The van der Waals surface area contributed by atoms with E-state index in [4.69, 9.17) is 21.1 Å². The molecule has 0 fully saturated rings. The predicted molar refractivity (Wildman–Crippen MR) is 91.2 cm³/mol. The van der Waals surface area contributed by atoms with Crippen LogP contribution in [0.5, 0.6) is 5.75 Å². The zero-order valence-electron chi connectivity index (χ0n) is 13.1. The molecule has 2 rings (SSSR count). The van der Waals surface area contributed by atoms with Crippen molar-refractivity contribution in [2.45, 2.75) is 11.8 Å². The summed E-state index contributed by atoms with van der Waals surface area (Å²) in [5.74, 6) is -0.0604. The van der Waals surface area contributed by atoms with Crippen molar-refractivity contribution in [3.05, 3.63) is 53.1 Å². The summed E-state index contributed by atoms with van der Waals surface area (Å²) < 4.78 is 37.0. The van der Waals surface area contributed by atoms with Gasteiger partial charge in [-0.1, -0.05) is 11.6 Å². The minimum atomic E-state index is -3.81. The SMILES string of the molecule is CCOC(=O)c1ccc(S(=O)(=O)Nc2ccc(OC)c(Cl)c2)cc1. The van der Waals surface area contributed by atoms with Crippen LogP contribution in [0.15, 0.2) is 47.4 Å². The van der Waals surface area contributed by atoms with Crippen LogP contribution in [0.4, 0.5) is 5.69 Å². The number of nitrogens with one attached hydrogen (secondary N) is 1. The summed E-state index contributed by atoms with van der Waals surface area (Å²) in [7, 11) is -2.34. The van der Waals surface area contributed by atoms with Crippen LogP contribution in [0.1, 0.15) is 17.3 Å². The normalized spacial score (nSPS) is 11.0. The Labute approximate surface area is 145 Å². The molecule has 0 radical (unpaired) electrons. The molecule has 0 aliphatic rings. The van der Waals surface area contributed by atoms with Crippen molar-refractivity contribution in [2.24, 2.45) is 0 Å². The van der Waals surface area contributed by atoms with Gasteiger partial charge in [0.2, 0.25) is 0 Å². The van der Waals surface area contributed by atoms with E-state index in [1.54, 1.807) is 13.0 Å². The fraction of sp³-hybridized carbons (Fsp3) is 0.188. The third kappa shape index (κ3) is 4.18. The van der Waals surface area contributed by atoms with Crippen LogP contribution in [0.2, 0.25) is 5.02 Å². The van der Waals surface area contributed by atoms with Crippen molar-refractivity contribution in [1.82, 2.24) is 0 Å². The van der Waals surface area contributed by atoms with E-state index >= 15 is 0 Å². The van der Waals surface area contributed by atoms with Gasteiger partial charge in [-0.3, -0.25) is 4.72 Å². The second-order valence-corrected chi connectivity index (χ2v) is 6.79. The van der Waals surface area contributed by atoms with Crippen LogP contribution < -0.4 is 9.46 Å². The molecule has 2 aromatic rings. The number of halogens is 1. The van der Waals surface area contributed by atoms with E-state index in [1.165, 1.54) is 43.5 Å². The van der Waals surface area contributed by atoms with Crippen LogP contribution in [0.25, 0.3) is 0 Å². The van der Waals surface area contributed by atoms with Crippen molar-refractivity contribution in [2.75, 3.05) is 18.4 Å². The second kappa shape index (κ2) is 7.55. The zero-order chi connectivity index (χ0) is 17.7. The van der Waals surface area contributed by atoms with Gasteiger partial charge < -0.3 is 9.47 Å². The molecular weight excluding hydrogens is 354 g/mol. The fourth-order valence-electron chi connectivity index (χ4n) is 1.93. The molecule has 0 atom stereocenters. The largest absolute Gasteiger partial charge is 0.495 e. The lowest BCUT2D eigenvalue weighted by Gasteiger charge is -2.10. The number of sulfonamides is 1. The molecule has 0 aromatic heterocycles. The number of benzene rings is 2. The minimum Gasteiger partial charge on any atom is -0.495 e. The van der Waals surface area contributed by atoms with Crippen LogP contribution >= 0.6 is 11.6 Å². The number of hydrogen-bond acceptors (Lipinski definition) is 5. The zero-order valence-corrected chi connectivity index (χ0v) is 14.6. The van der Waals surface area contributed by atoms with Crippen LogP contribution in [0.3, 0.4) is 0 Å². The molecule has 6 nitrogen and oxygen atoms in total. The predicted octanol–water partition coefficient (Wildman–Crippen LogP) is 3.33. The molecule has 0 saturated carbocycles. The van der Waals surface area contributed by atoms with Gasteiger partial charge in [-0.05, 0) is 49.4 Å². The number of esters is 1. The van der Waals surface area contributed by atoms with Crippen LogP contribution in [-0.4, -0.2) is 28.1 Å². The number of anilines is 1. The summed E-state index contributed by atoms with van der Waals surface area (Å²) in [5.41, 5.74) is 0.582. The highest BCUT2D eigenvalue weighted by atomic mass is 35.5. The van der Waals surface area contributed by atoms with E-state index in [9.17, 15) is 13.2 Å². The highest BCUT2D eigenvalue weighted by molar-refractivity contribution is 7.92. The highest BCUT2D eigenvalue weighted by Gasteiger charge is 2.16. The van der Waals surface area contributed by atoms with Crippen molar-refractivity contribution < 1.29 is 22.7 Å². The number of hydrogen-bond donors (Lipinski definition) is 1. The van der Waals surface area contributed by atoms with Gasteiger partial charge in [-0.25, -0.2) is 13.2 Å². The lowest BCUT2D eigenvalue weighted by molar-refractivity contribution is 0.0526. The minimum absolute atomic E-state index is 0.0162. The second-order valence-electron chi connectivity index (χ2n) is 4.70. The maximum atomic E-state index is 12.4. The lowest BCUT2D eigenvalue weighted by Crippen LogP contribution is -2.13. The highest BCUT2D eigenvalue weighted by Crippen LogP contribution is 2.28. The topological polar surface area (TPSA) is 81.7 Å². The molecule has 0 amide bonds. The number of rotatable bonds is 6. The van der Waals surface area contributed by atoms with Crippen molar-refractivity contribution >= 4 is 33.3 Å². The standard InChI is InChI=1S/C16H16ClNO5S/c1-3-23-16(19)11-4-7-13(8-5-11)24(20,21)18-12-6-9-15(22-2)14(17)10-12/h4-10,18H,3H2,1-2H3. The smallest absolute Gasteiger partial charge is 0.338 e. The summed E-state index contributed by atoms with van der Waals surface area (Å²) in [6.07, 6.45) is 0. The maximum absolute atomic E-state index is 12.4. The Kier molecular flexibility index (Phi) is 5.69. The van der Waals surface area contributed by atoms with E-state index in [2.05, 4.69) is 4.72 Å². The molecule has 0 bridgehead atoms. The first kappa shape index (κ1) is 18.1. The molecular formula is C16H16ClNO5S. The summed E-state index contributed by atoms with van der Waals surface area (Å²) >= 11 is 5.98. The van der Waals surface area contributed by atoms with Gasteiger partial charge in [0.05, 0.1) is 34.9 Å². The molecule has 0 aliphatic heterocycles. The van der Waals surface area contributed by atoms with E-state index in [-0.39, 0.29) is 22.1 Å². The summed E-state index contributed by atoms with van der Waals surface area (Å²) in [4.78, 5) is 11.6. The third-order valence-corrected chi connectivity index (χ3v) is 4.77. The quantitative estimate of drug-likeness (QED) is 0.790. The fourth-order valence-corrected chi connectivity index (χ4v) is 3.24. The maximum Gasteiger partial charge on any atom is 0.338 e. The number of carbonyl (C=O) groups excluding carboxylic acids is 1. The first-order valence-corrected chi connectivity index (χ1v) is 8.87. The molecule has 128 valence electrons. The number of carbonyl (C=O) groups is 1. The Morgan fingerprint density at radius 1 is 1.17 bits per heavy atom. The molecule has 1 N–H and O–H groups in total. The van der Waals surface area contributed by atoms with Gasteiger partial charge in [-0.2, -0.15) is 0 Å². The molecule has 2 aromatic carbocycles. The average Bonchev–Trinajstić information content (AvgIpc) is 2.55. The molecule has 0 unspecified atom stereocenters. The average molecular weight is 370 g/mol. The summed E-state index contributed by atoms with van der Waals surface area (Å²) in [6, 6.07) is 10.0. The van der Waals surface area contributed by atoms with Crippen molar-refractivity contribution in [1.29, 1.82) is 0 Å². The van der Waals surface area contributed by atoms with E-state index < -0.39 is 16.0 Å². The first-order valence-electron chi connectivity index (χ1n) is 7.01. The molecule has 0 aliphatic carbocycles. The van der Waals surface area contributed by atoms with Gasteiger partial charge >= 0.3 is 5.97 Å². The third-order valence-electron chi connectivity index (χ3n) is 3.08. The molecule has 8 heteroatoms. The van der Waals surface area contributed by atoms with Crippen LogP contribution in [0, 0.1) is 0 Å². The Balaban J connectivity index is 2.21. The Morgan fingerprint density at radius 2 is 1.83 bits per heavy atom. The molecule has 24 heavy (non-hydrogen) atoms. The van der Waals surface area contributed by atoms with Gasteiger partial charge in [-0.15, -0.1) is 0 Å².